The van der Waals surface area contributed by atoms with Gasteiger partial charge >= 0.3 is 0 Å². The summed E-state index contributed by atoms with van der Waals surface area (Å²) in [4.78, 5) is 11.7. The van der Waals surface area contributed by atoms with Gasteiger partial charge in [0.25, 0.3) is 0 Å². The molecule has 0 aromatic rings. The molecule has 3 heteroatoms. The van der Waals surface area contributed by atoms with Gasteiger partial charge in [-0.05, 0) is 63.5 Å². The van der Waals surface area contributed by atoms with Crippen molar-refractivity contribution in [1.82, 2.24) is 5.32 Å². The smallest absolute Gasteiger partial charge is 0.244 e. The number of hydrogen-bond donors (Lipinski definition) is 2. The van der Waals surface area contributed by atoms with Crippen LogP contribution >= 0.6 is 0 Å². The number of aliphatic hydroxyl groups excluding tert-OH is 1. The zero-order chi connectivity index (χ0) is 19.7. The molecule has 0 aliphatic heterocycles. The van der Waals surface area contributed by atoms with Crippen molar-refractivity contribution < 1.29 is 9.90 Å². The number of hydrogen-bond acceptors (Lipinski definition) is 2. The van der Waals surface area contributed by atoms with Gasteiger partial charge in [0.1, 0.15) is 0 Å². The van der Waals surface area contributed by atoms with Gasteiger partial charge in [-0.3, -0.25) is 4.79 Å². The highest BCUT2D eigenvalue weighted by Crippen LogP contribution is 2.40. The van der Waals surface area contributed by atoms with Crippen LogP contribution in [0.15, 0.2) is 58.7 Å². The van der Waals surface area contributed by atoms with E-state index in [9.17, 15) is 4.79 Å². The van der Waals surface area contributed by atoms with Gasteiger partial charge in [0.2, 0.25) is 5.91 Å². The Morgan fingerprint density at radius 2 is 1.96 bits per heavy atom. The minimum Gasteiger partial charge on any atom is -0.392 e. The Labute approximate surface area is 159 Å². The lowest BCUT2D eigenvalue weighted by molar-refractivity contribution is -0.116. The number of aliphatic hydroxyl groups is 1. The quantitative estimate of drug-likeness (QED) is 0.497. The average molecular weight is 358 g/mol. The maximum Gasteiger partial charge on any atom is 0.244 e. The second-order valence-corrected chi connectivity index (χ2v) is 8.02. The standard InChI is InChI=1S/C23H35NO2/c1-17(12-13-21-19(3)11-8-14-23(21,5)6)9-7-10-18(2)15-22(26)24-16-20(4)25/h7,9-10,12-13,15,20,25H,8,11,14,16H2,1-6H3,(H,24,26)/b10-7+,13-12-,17-9-,18-15-. The van der Waals surface area contributed by atoms with Crippen LogP contribution in [-0.4, -0.2) is 23.7 Å². The van der Waals surface area contributed by atoms with Crippen LogP contribution in [0.2, 0.25) is 0 Å². The highest BCUT2D eigenvalue weighted by Gasteiger charge is 2.26. The van der Waals surface area contributed by atoms with Crippen molar-refractivity contribution in [2.75, 3.05) is 6.54 Å². The summed E-state index contributed by atoms with van der Waals surface area (Å²) in [7, 11) is 0. The second-order valence-electron chi connectivity index (χ2n) is 8.02. The number of allylic oxidation sites excluding steroid dienone is 9. The molecule has 3 nitrogen and oxygen atoms in total. The molecule has 0 saturated carbocycles. The van der Waals surface area contributed by atoms with Gasteiger partial charge in [-0.2, -0.15) is 0 Å². The minimum atomic E-state index is -0.534. The normalized spacial score (nSPS) is 20.1. The molecule has 1 unspecified atom stereocenters. The molecule has 0 bridgehead atoms. The number of carbonyl (C=O) groups is 1. The molecule has 1 rings (SSSR count). The second kappa shape index (κ2) is 10.3. The monoisotopic (exact) mass is 357 g/mol. The summed E-state index contributed by atoms with van der Waals surface area (Å²) in [6.07, 6.45) is 15.1. The minimum absolute atomic E-state index is 0.185. The van der Waals surface area contributed by atoms with E-state index < -0.39 is 6.10 Å². The molecule has 1 aliphatic carbocycles. The van der Waals surface area contributed by atoms with E-state index in [4.69, 9.17) is 5.11 Å². The summed E-state index contributed by atoms with van der Waals surface area (Å²) >= 11 is 0. The molecule has 2 N–H and O–H groups in total. The predicted octanol–water partition coefficient (Wildman–Crippen LogP) is 5.02. The fraction of sp³-hybridized carbons (Fsp3) is 0.522. The molecule has 1 amide bonds. The van der Waals surface area contributed by atoms with E-state index in [1.807, 2.05) is 25.2 Å². The molecular weight excluding hydrogens is 322 g/mol. The molecule has 0 fully saturated rings. The number of amides is 1. The van der Waals surface area contributed by atoms with Crippen LogP contribution in [0.4, 0.5) is 0 Å². The Hall–Kier alpha value is -1.87. The summed E-state index contributed by atoms with van der Waals surface area (Å²) in [6, 6.07) is 0. The fourth-order valence-corrected chi connectivity index (χ4v) is 3.19. The lowest BCUT2D eigenvalue weighted by Crippen LogP contribution is -2.29. The maximum atomic E-state index is 11.7. The van der Waals surface area contributed by atoms with Gasteiger partial charge < -0.3 is 10.4 Å². The molecule has 0 spiro atoms. The molecule has 26 heavy (non-hydrogen) atoms. The van der Waals surface area contributed by atoms with Crippen LogP contribution in [0.25, 0.3) is 0 Å². The Morgan fingerprint density at radius 3 is 2.58 bits per heavy atom. The summed E-state index contributed by atoms with van der Waals surface area (Å²) in [5.74, 6) is -0.185. The van der Waals surface area contributed by atoms with Crippen molar-refractivity contribution >= 4 is 5.91 Å². The van der Waals surface area contributed by atoms with Crippen LogP contribution in [0.1, 0.15) is 60.8 Å². The van der Waals surface area contributed by atoms with Crippen molar-refractivity contribution in [1.29, 1.82) is 0 Å². The fourth-order valence-electron chi connectivity index (χ4n) is 3.19. The third-order valence-corrected chi connectivity index (χ3v) is 4.70. The van der Waals surface area contributed by atoms with Gasteiger partial charge in [-0.15, -0.1) is 0 Å². The molecule has 1 aliphatic rings. The molecule has 0 saturated heterocycles. The van der Waals surface area contributed by atoms with Crippen molar-refractivity contribution in [3.8, 4) is 0 Å². The highest BCUT2D eigenvalue weighted by molar-refractivity contribution is 5.88. The SMILES string of the molecule is CC1=C(\C=C/C(C)=C\C=C\C(C)=C/C(=O)NCC(C)O)C(C)(C)CCC1. The van der Waals surface area contributed by atoms with Gasteiger partial charge in [0, 0.05) is 12.6 Å². The van der Waals surface area contributed by atoms with Crippen LogP contribution in [0, 0.1) is 5.41 Å². The zero-order valence-electron chi connectivity index (χ0n) is 17.2. The lowest BCUT2D eigenvalue weighted by Gasteiger charge is -2.32. The molecule has 0 aromatic heterocycles. The van der Waals surface area contributed by atoms with Gasteiger partial charge in [-0.25, -0.2) is 0 Å². The van der Waals surface area contributed by atoms with E-state index in [-0.39, 0.29) is 17.9 Å². The van der Waals surface area contributed by atoms with Crippen LogP contribution in [0.3, 0.4) is 0 Å². The topological polar surface area (TPSA) is 49.3 Å². The Kier molecular flexibility index (Phi) is 8.80. The summed E-state index contributed by atoms with van der Waals surface area (Å²) in [5.41, 5.74) is 5.27. The third kappa shape index (κ3) is 8.01. The van der Waals surface area contributed by atoms with E-state index >= 15 is 0 Å². The van der Waals surface area contributed by atoms with E-state index in [2.05, 4.69) is 45.2 Å². The van der Waals surface area contributed by atoms with Crippen LogP contribution < -0.4 is 5.32 Å². The number of carbonyl (C=O) groups excluding carboxylic acids is 1. The molecular formula is C23H35NO2. The number of rotatable bonds is 7. The first kappa shape index (κ1) is 22.2. The molecule has 0 heterocycles. The van der Waals surface area contributed by atoms with Gasteiger partial charge in [-0.1, -0.05) is 55.4 Å². The van der Waals surface area contributed by atoms with Crippen LogP contribution in [-0.2, 0) is 4.79 Å². The first-order valence-electron chi connectivity index (χ1n) is 9.49. The Morgan fingerprint density at radius 1 is 1.27 bits per heavy atom. The molecule has 144 valence electrons. The van der Waals surface area contributed by atoms with E-state index in [0.29, 0.717) is 0 Å². The first-order valence-corrected chi connectivity index (χ1v) is 9.49. The largest absolute Gasteiger partial charge is 0.392 e. The van der Waals surface area contributed by atoms with Crippen molar-refractivity contribution in [3.63, 3.8) is 0 Å². The zero-order valence-corrected chi connectivity index (χ0v) is 17.2. The van der Waals surface area contributed by atoms with Crippen molar-refractivity contribution in [3.05, 3.63) is 58.7 Å². The summed E-state index contributed by atoms with van der Waals surface area (Å²) in [5, 5.41) is 11.8. The summed E-state index contributed by atoms with van der Waals surface area (Å²) < 4.78 is 0. The molecule has 0 aromatic carbocycles. The van der Waals surface area contributed by atoms with E-state index in [1.54, 1.807) is 6.92 Å². The van der Waals surface area contributed by atoms with E-state index in [1.165, 1.54) is 42.1 Å². The predicted molar refractivity (Wildman–Crippen MR) is 111 cm³/mol. The van der Waals surface area contributed by atoms with Crippen molar-refractivity contribution in [2.45, 2.75) is 66.9 Å². The first-order chi connectivity index (χ1) is 12.1. The third-order valence-electron chi connectivity index (χ3n) is 4.70. The Bertz CT molecular complexity index is 643. The van der Waals surface area contributed by atoms with Crippen molar-refractivity contribution in [2.24, 2.45) is 5.41 Å². The van der Waals surface area contributed by atoms with Gasteiger partial charge in [0.15, 0.2) is 0 Å². The lowest BCUT2D eigenvalue weighted by atomic mass is 9.72. The molecule has 1 atom stereocenters. The van der Waals surface area contributed by atoms with E-state index in [0.717, 1.165) is 5.57 Å². The van der Waals surface area contributed by atoms with Crippen LogP contribution in [0.5, 0.6) is 0 Å². The summed E-state index contributed by atoms with van der Waals surface area (Å²) in [6.45, 7) is 12.8. The number of nitrogens with one attached hydrogen (secondary N) is 1. The highest BCUT2D eigenvalue weighted by atomic mass is 16.3. The molecule has 0 radical (unpaired) electrons. The average Bonchev–Trinajstić information content (AvgIpc) is 2.51. The van der Waals surface area contributed by atoms with Gasteiger partial charge in [0.05, 0.1) is 6.10 Å². The Balaban J connectivity index is 2.67. The maximum absolute atomic E-state index is 11.7.